The minimum absolute atomic E-state index is 0.0117. The molecule has 342 valence electrons. The number of benzene rings is 10. The maximum Gasteiger partial charge on any atom is 0.160 e. The highest BCUT2D eigenvalue weighted by atomic mass is 32.1. The highest BCUT2D eigenvalue weighted by Crippen LogP contribution is 2.46. The van der Waals surface area contributed by atoms with Crippen LogP contribution < -0.4 is 0 Å². The highest BCUT2D eigenvalue weighted by molar-refractivity contribution is 7.25. The zero-order valence-corrected chi connectivity index (χ0v) is 41.2. The van der Waals surface area contributed by atoms with Crippen LogP contribution in [0.5, 0.6) is 0 Å². The lowest BCUT2D eigenvalue weighted by atomic mass is 9.85. The molecular weight excluding hydrogens is 891 g/mol. The predicted molar refractivity (Wildman–Crippen MR) is 306 cm³/mol. The lowest BCUT2D eigenvalue weighted by Gasteiger charge is -2.23. The first-order valence-corrected chi connectivity index (χ1v) is 25.5. The average molecular weight is 940 g/mol. The molecule has 0 spiro atoms. The zero-order chi connectivity index (χ0) is 48.3. The number of rotatable bonds is 8. The molecule has 0 radical (unpaired) electrons. The van der Waals surface area contributed by atoms with E-state index in [0.29, 0.717) is 5.82 Å². The Morgan fingerprint density at radius 1 is 0.333 bits per heavy atom. The van der Waals surface area contributed by atoms with E-state index in [1.54, 1.807) is 0 Å². The van der Waals surface area contributed by atoms with Crippen molar-refractivity contribution in [3.05, 3.63) is 248 Å². The monoisotopic (exact) mass is 939 g/mol. The summed E-state index contributed by atoms with van der Waals surface area (Å²) in [6.07, 6.45) is 0. The van der Waals surface area contributed by atoms with Gasteiger partial charge in [-0.15, -0.1) is 11.3 Å². The van der Waals surface area contributed by atoms with Gasteiger partial charge in [-0.25, -0.2) is 9.97 Å². The molecule has 0 amide bonds. The molecular formula is C68H49N3S. The quantitative estimate of drug-likeness (QED) is 0.152. The van der Waals surface area contributed by atoms with Gasteiger partial charge in [0, 0.05) is 58.8 Å². The van der Waals surface area contributed by atoms with Crippen LogP contribution in [0.15, 0.2) is 243 Å². The van der Waals surface area contributed by atoms with E-state index in [2.05, 4.69) is 262 Å². The molecule has 0 N–H and O–H groups in total. The molecule has 0 aliphatic carbocycles. The van der Waals surface area contributed by atoms with E-state index >= 15 is 0 Å². The summed E-state index contributed by atoms with van der Waals surface area (Å²) in [5.74, 6) is 0.687. The largest absolute Gasteiger partial charge is 0.308 e. The van der Waals surface area contributed by atoms with Crippen LogP contribution in [0.2, 0.25) is 0 Å². The van der Waals surface area contributed by atoms with Gasteiger partial charge >= 0.3 is 0 Å². The van der Waals surface area contributed by atoms with Gasteiger partial charge in [-0.05, 0) is 99.0 Å². The second-order valence-electron chi connectivity index (χ2n) is 19.8. The molecule has 3 nitrogen and oxygen atoms in total. The van der Waals surface area contributed by atoms with E-state index < -0.39 is 0 Å². The van der Waals surface area contributed by atoms with Crippen LogP contribution in [0, 0.1) is 0 Å². The van der Waals surface area contributed by atoms with Crippen LogP contribution in [0.1, 0.15) is 26.3 Å². The second kappa shape index (κ2) is 17.6. The third kappa shape index (κ3) is 7.78. The second-order valence-corrected chi connectivity index (χ2v) is 20.9. The van der Waals surface area contributed by atoms with Crippen molar-refractivity contribution in [1.29, 1.82) is 0 Å². The standard InChI is InChI=1S/C68H49N3S/c1-68(2,3)53-33-28-47(29-34-53)57-41-52(61-43-60(69-67(70-61)48-24-14-7-15-25-48)51-30-35-55-54-26-16-17-27-64(54)72-65(55)42-51)40-56(46-22-12-6-13-23-46)66(57)71-62-36-31-49(44-18-8-4-9-19-44)38-58(62)59-39-50(32-37-63(59)71)45-20-10-5-11-21-45/h4-43H,1-3H3. The Labute approximate surface area is 424 Å². The molecule has 72 heavy (non-hydrogen) atoms. The maximum absolute atomic E-state index is 5.47. The van der Waals surface area contributed by atoms with Crippen molar-refractivity contribution in [3.8, 4) is 84.1 Å². The molecule has 0 aliphatic heterocycles. The highest BCUT2D eigenvalue weighted by Gasteiger charge is 2.24. The van der Waals surface area contributed by atoms with Crippen LogP contribution in [-0.4, -0.2) is 14.5 Å². The minimum atomic E-state index is -0.0117. The third-order valence-electron chi connectivity index (χ3n) is 14.2. The summed E-state index contributed by atoms with van der Waals surface area (Å²) in [5.41, 5.74) is 18.6. The Hall–Kier alpha value is -8.70. The van der Waals surface area contributed by atoms with Gasteiger partial charge < -0.3 is 4.57 Å². The van der Waals surface area contributed by atoms with Gasteiger partial charge in [0.2, 0.25) is 0 Å². The summed E-state index contributed by atoms with van der Waals surface area (Å²) in [6.45, 7) is 6.84. The topological polar surface area (TPSA) is 30.7 Å². The van der Waals surface area contributed by atoms with Crippen molar-refractivity contribution in [2.75, 3.05) is 0 Å². The fourth-order valence-corrected chi connectivity index (χ4v) is 11.6. The Morgan fingerprint density at radius 3 is 1.36 bits per heavy atom. The summed E-state index contributed by atoms with van der Waals surface area (Å²) in [4.78, 5) is 10.8. The molecule has 0 saturated carbocycles. The molecule has 10 aromatic carbocycles. The minimum Gasteiger partial charge on any atom is -0.308 e. The summed E-state index contributed by atoms with van der Waals surface area (Å²) in [7, 11) is 0. The number of fused-ring (bicyclic) bond motifs is 6. The first kappa shape index (κ1) is 43.3. The average Bonchev–Trinajstić information content (AvgIpc) is 3.98. The van der Waals surface area contributed by atoms with E-state index in [9.17, 15) is 0 Å². The van der Waals surface area contributed by atoms with E-state index in [-0.39, 0.29) is 5.41 Å². The van der Waals surface area contributed by atoms with E-state index in [0.717, 1.165) is 67.1 Å². The van der Waals surface area contributed by atoms with Crippen molar-refractivity contribution < 1.29 is 0 Å². The Kier molecular flexibility index (Phi) is 10.6. The summed E-state index contributed by atoms with van der Waals surface area (Å²) in [5, 5.41) is 4.94. The molecule has 0 aliphatic rings. The number of hydrogen-bond acceptors (Lipinski definition) is 3. The van der Waals surface area contributed by atoms with Gasteiger partial charge in [-0.3, -0.25) is 0 Å². The van der Waals surface area contributed by atoms with Gasteiger partial charge in [0.1, 0.15) is 0 Å². The molecule has 4 heteroatoms. The Bertz CT molecular complexity index is 4050. The number of thiophene rings is 1. The first-order valence-electron chi connectivity index (χ1n) is 24.7. The van der Waals surface area contributed by atoms with E-state index in [4.69, 9.17) is 9.97 Å². The van der Waals surface area contributed by atoms with Gasteiger partial charge in [0.05, 0.1) is 28.1 Å². The van der Waals surface area contributed by atoms with Gasteiger partial charge in [-0.2, -0.15) is 0 Å². The van der Waals surface area contributed by atoms with Crippen molar-refractivity contribution in [3.63, 3.8) is 0 Å². The molecule has 0 unspecified atom stereocenters. The van der Waals surface area contributed by atoms with E-state index in [1.165, 1.54) is 58.8 Å². The maximum atomic E-state index is 5.47. The molecule has 0 bridgehead atoms. The summed E-state index contributed by atoms with van der Waals surface area (Å²) >= 11 is 1.83. The molecule has 0 atom stereocenters. The lowest BCUT2D eigenvalue weighted by molar-refractivity contribution is 0.590. The molecule has 3 aromatic heterocycles. The van der Waals surface area contributed by atoms with Crippen LogP contribution in [-0.2, 0) is 5.41 Å². The van der Waals surface area contributed by atoms with Crippen LogP contribution >= 0.6 is 11.3 Å². The van der Waals surface area contributed by atoms with Crippen LogP contribution in [0.3, 0.4) is 0 Å². The predicted octanol–water partition coefficient (Wildman–Crippen LogP) is 18.9. The van der Waals surface area contributed by atoms with E-state index in [1.807, 2.05) is 17.4 Å². The molecule has 3 heterocycles. The summed E-state index contributed by atoms with van der Waals surface area (Å²) < 4.78 is 5.05. The van der Waals surface area contributed by atoms with Gasteiger partial charge in [-0.1, -0.05) is 209 Å². The third-order valence-corrected chi connectivity index (χ3v) is 15.3. The fraction of sp³-hybridized carbons (Fsp3) is 0.0588. The molecule has 0 saturated heterocycles. The van der Waals surface area contributed by atoms with Crippen LogP contribution in [0.4, 0.5) is 0 Å². The normalized spacial score (nSPS) is 11.8. The van der Waals surface area contributed by atoms with Crippen LogP contribution in [0.25, 0.3) is 126 Å². The van der Waals surface area contributed by atoms with Crippen molar-refractivity contribution in [2.45, 2.75) is 26.2 Å². The SMILES string of the molecule is CC(C)(C)c1ccc(-c2cc(-c3cc(-c4ccc5c(c4)sc4ccccc45)nc(-c4ccccc4)n3)cc(-c3ccccc3)c2-n2c3ccc(-c4ccccc4)cc3c3cc(-c4ccccc4)ccc32)cc1. The zero-order valence-electron chi connectivity index (χ0n) is 40.3. The smallest absolute Gasteiger partial charge is 0.160 e. The van der Waals surface area contributed by atoms with Crippen molar-refractivity contribution in [1.82, 2.24) is 14.5 Å². The lowest BCUT2D eigenvalue weighted by Crippen LogP contribution is -2.10. The molecule has 13 rings (SSSR count). The van der Waals surface area contributed by atoms with Crippen molar-refractivity contribution in [2.24, 2.45) is 0 Å². The van der Waals surface area contributed by atoms with Gasteiger partial charge in [0.15, 0.2) is 5.82 Å². The first-order chi connectivity index (χ1) is 35.3. The van der Waals surface area contributed by atoms with Gasteiger partial charge in [0.25, 0.3) is 0 Å². The number of hydrogen-bond donors (Lipinski definition) is 0. The Balaban J connectivity index is 1.11. The van der Waals surface area contributed by atoms with Crippen molar-refractivity contribution >= 4 is 53.3 Å². The number of nitrogens with zero attached hydrogens (tertiary/aromatic N) is 3. The summed E-state index contributed by atoms with van der Waals surface area (Å²) in [6, 6.07) is 88.3. The fourth-order valence-electron chi connectivity index (χ4n) is 10.5. The number of aromatic nitrogens is 3. The molecule has 13 aromatic rings. The molecule has 0 fully saturated rings. The Morgan fingerprint density at radius 2 is 0.792 bits per heavy atom.